The minimum atomic E-state index is -4.10. The van der Waals surface area contributed by atoms with Crippen molar-refractivity contribution in [1.29, 1.82) is 0 Å². The number of hydrogen-bond donors (Lipinski definition) is 2. The lowest BCUT2D eigenvalue weighted by Gasteiger charge is -2.13. The number of sulfonamides is 1. The van der Waals surface area contributed by atoms with E-state index in [2.05, 4.69) is 9.88 Å². The molecule has 2 N–H and O–H groups in total. The first-order chi connectivity index (χ1) is 18.0. The molecule has 0 unspecified atom stereocenters. The summed E-state index contributed by atoms with van der Waals surface area (Å²) >= 11 is 19.1. The van der Waals surface area contributed by atoms with Crippen molar-refractivity contribution in [2.24, 2.45) is 0 Å². The molecule has 8 nitrogen and oxygen atoms in total. The Bertz CT molecular complexity index is 1600. The van der Waals surface area contributed by atoms with Crippen LogP contribution in [0.2, 0.25) is 15.1 Å². The van der Waals surface area contributed by atoms with Crippen molar-refractivity contribution >= 4 is 56.5 Å². The molecule has 3 aromatic carbocycles. The van der Waals surface area contributed by atoms with Gasteiger partial charge in [-0.2, -0.15) is 0 Å². The summed E-state index contributed by atoms with van der Waals surface area (Å²) in [5.74, 6) is -0.279. The molecule has 4 aromatic rings. The number of benzene rings is 3. The second kappa shape index (κ2) is 11.2. The Balaban J connectivity index is 1.57. The summed E-state index contributed by atoms with van der Waals surface area (Å²) in [4.78, 5) is 11.0. The van der Waals surface area contributed by atoms with Crippen LogP contribution in [0.4, 0.5) is 5.69 Å². The SMILES string of the molecule is CC(C)c1onc(-c2c(Cl)cccc2Cl)c1COc1ccc(NS(=O)(=O)c2cccc(C(=O)O)c2)c(Cl)c1. The van der Waals surface area contributed by atoms with Gasteiger partial charge in [0.25, 0.3) is 10.0 Å². The van der Waals surface area contributed by atoms with Gasteiger partial charge in [-0.1, -0.05) is 65.9 Å². The minimum absolute atomic E-state index is 0.00360. The van der Waals surface area contributed by atoms with E-state index in [1.807, 2.05) is 13.8 Å². The van der Waals surface area contributed by atoms with E-state index in [1.54, 1.807) is 24.3 Å². The third-order valence-electron chi connectivity index (χ3n) is 5.50. The Kier molecular flexibility index (Phi) is 8.22. The standard InChI is InChI=1S/C26H21Cl3N2O6S/c1-14(2)25-18(24(30-37-25)23-19(27)7-4-8-20(23)28)13-36-16-9-10-22(21(29)12-16)31-38(34,35)17-6-3-5-15(11-17)26(32)33/h3-12,14,31H,13H2,1-2H3,(H,32,33). The Morgan fingerprint density at radius 2 is 1.71 bits per heavy atom. The highest BCUT2D eigenvalue weighted by Crippen LogP contribution is 2.39. The molecule has 0 radical (unpaired) electrons. The van der Waals surface area contributed by atoms with Crippen LogP contribution in [0.3, 0.4) is 0 Å². The first-order valence-electron chi connectivity index (χ1n) is 11.2. The van der Waals surface area contributed by atoms with Crippen molar-refractivity contribution in [1.82, 2.24) is 5.16 Å². The molecule has 0 spiro atoms. The number of hydrogen-bond acceptors (Lipinski definition) is 6. The average Bonchev–Trinajstić information content (AvgIpc) is 3.28. The van der Waals surface area contributed by atoms with Crippen molar-refractivity contribution in [3.8, 4) is 17.0 Å². The molecule has 0 bridgehead atoms. The smallest absolute Gasteiger partial charge is 0.335 e. The maximum absolute atomic E-state index is 12.8. The number of carbonyl (C=O) groups is 1. The lowest BCUT2D eigenvalue weighted by atomic mass is 10.0. The van der Waals surface area contributed by atoms with Gasteiger partial charge in [-0.15, -0.1) is 0 Å². The molecule has 198 valence electrons. The van der Waals surface area contributed by atoms with Gasteiger partial charge in [0.1, 0.15) is 23.8 Å². The van der Waals surface area contributed by atoms with Crippen molar-refractivity contribution in [3.63, 3.8) is 0 Å². The Labute approximate surface area is 234 Å². The van der Waals surface area contributed by atoms with E-state index in [4.69, 9.17) is 49.2 Å². The van der Waals surface area contributed by atoms with Gasteiger partial charge in [-0.25, -0.2) is 13.2 Å². The first kappa shape index (κ1) is 27.8. The van der Waals surface area contributed by atoms with Gasteiger partial charge in [0, 0.05) is 17.5 Å². The zero-order chi connectivity index (χ0) is 27.6. The highest BCUT2D eigenvalue weighted by molar-refractivity contribution is 7.92. The Morgan fingerprint density at radius 3 is 2.34 bits per heavy atom. The number of carboxylic acid groups (broad SMARTS) is 1. The highest BCUT2D eigenvalue weighted by Gasteiger charge is 2.24. The summed E-state index contributed by atoms with van der Waals surface area (Å²) in [5, 5.41) is 14.2. The van der Waals surface area contributed by atoms with Crippen LogP contribution in [0.5, 0.6) is 5.75 Å². The molecular weight excluding hydrogens is 575 g/mol. The fourth-order valence-corrected chi connectivity index (χ4v) is 5.63. The molecular formula is C26H21Cl3N2O6S. The average molecular weight is 596 g/mol. The molecule has 12 heteroatoms. The van der Waals surface area contributed by atoms with Crippen LogP contribution in [0, 0.1) is 0 Å². The second-order valence-corrected chi connectivity index (χ2v) is 11.4. The summed E-state index contributed by atoms with van der Waals surface area (Å²) in [6.45, 7) is 3.95. The van der Waals surface area contributed by atoms with E-state index in [-0.39, 0.29) is 33.7 Å². The quantitative estimate of drug-likeness (QED) is 0.206. The number of halogens is 3. The second-order valence-electron chi connectivity index (χ2n) is 8.49. The molecule has 0 aliphatic rings. The van der Waals surface area contributed by atoms with E-state index in [1.165, 1.54) is 30.3 Å². The van der Waals surface area contributed by atoms with E-state index >= 15 is 0 Å². The van der Waals surface area contributed by atoms with E-state index in [9.17, 15) is 13.2 Å². The van der Waals surface area contributed by atoms with Crippen LogP contribution in [0.25, 0.3) is 11.3 Å². The van der Waals surface area contributed by atoms with Crippen molar-refractivity contribution < 1.29 is 27.6 Å². The number of ether oxygens (including phenoxy) is 1. The number of nitrogens with one attached hydrogen (secondary N) is 1. The molecule has 0 aliphatic heterocycles. The molecule has 1 heterocycles. The van der Waals surface area contributed by atoms with Gasteiger partial charge in [-0.3, -0.25) is 4.72 Å². The van der Waals surface area contributed by atoms with Gasteiger partial charge in [-0.05, 0) is 42.5 Å². The van der Waals surface area contributed by atoms with Crippen molar-refractivity contribution in [2.45, 2.75) is 31.3 Å². The molecule has 0 saturated heterocycles. The molecule has 0 atom stereocenters. The van der Waals surface area contributed by atoms with Crippen LogP contribution in [0.15, 0.2) is 70.1 Å². The van der Waals surface area contributed by atoms with Gasteiger partial charge in [0.05, 0.1) is 36.8 Å². The number of aromatic nitrogens is 1. The van der Waals surface area contributed by atoms with E-state index in [0.717, 1.165) is 6.07 Å². The zero-order valence-electron chi connectivity index (χ0n) is 20.0. The van der Waals surface area contributed by atoms with Gasteiger partial charge in [0.2, 0.25) is 0 Å². The topological polar surface area (TPSA) is 119 Å². The summed E-state index contributed by atoms with van der Waals surface area (Å²) in [6, 6.07) is 14.6. The third kappa shape index (κ3) is 5.91. The molecule has 0 aliphatic carbocycles. The maximum Gasteiger partial charge on any atom is 0.335 e. The predicted octanol–water partition coefficient (Wildman–Crippen LogP) is 7.50. The fraction of sp³-hybridized carbons (Fsp3) is 0.154. The number of nitrogens with zero attached hydrogens (tertiary/aromatic N) is 1. The summed E-state index contributed by atoms with van der Waals surface area (Å²) < 4.78 is 39.5. The van der Waals surface area contributed by atoms with Crippen molar-refractivity contribution in [2.75, 3.05) is 4.72 Å². The number of carboxylic acids is 1. The number of aromatic carboxylic acids is 1. The van der Waals surface area contributed by atoms with Crippen LogP contribution in [-0.4, -0.2) is 24.7 Å². The molecule has 0 amide bonds. The third-order valence-corrected chi connectivity index (χ3v) is 7.81. The normalized spacial score (nSPS) is 11.5. The van der Waals surface area contributed by atoms with Gasteiger partial charge in [0.15, 0.2) is 0 Å². The molecule has 0 fully saturated rings. The van der Waals surface area contributed by atoms with Crippen LogP contribution in [0.1, 0.15) is 41.4 Å². The molecule has 0 saturated carbocycles. The lowest BCUT2D eigenvalue weighted by molar-refractivity contribution is 0.0696. The lowest BCUT2D eigenvalue weighted by Crippen LogP contribution is -2.14. The monoisotopic (exact) mass is 594 g/mol. The Hall–Kier alpha value is -3.24. The minimum Gasteiger partial charge on any atom is -0.489 e. The summed E-state index contributed by atoms with van der Waals surface area (Å²) in [7, 11) is -4.10. The van der Waals surface area contributed by atoms with Crippen LogP contribution < -0.4 is 9.46 Å². The molecule has 1 aromatic heterocycles. The summed E-state index contributed by atoms with van der Waals surface area (Å²) in [6.07, 6.45) is 0. The Morgan fingerprint density at radius 1 is 1.03 bits per heavy atom. The fourth-order valence-electron chi connectivity index (χ4n) is 3.66. The molecule has 4 rings (SSSR count). The number of rotatable bonds is 9. The van der Waals surface area contributed by atoms with E-state index < -0.39 is 16.0 Å². The number of anilines is 1. The largest absolute Gasteiger partial charge is 0.489 e. The zero-order valence-corrected chi connectivity index (χ0v) is 23.1. The van der Waals surface area contributed by atoms with Crippen LogP contribution in [-0.2, 0) is 16.6 Å². The van der Waals surface area contributed by atoms with E-state index in [0.29, 0.717) is 38.4 Å². The van der Waals surface area contributed by atoms with Crippen molar-refractivity contribution in [3.05, 3.63) is 92.6 Å². The highest BCUT2D eigenvalue weighted by atomic mass is 35.5. The first-order valence-corrected chi connectivity index (χ1v) is 13.8. The predicted molar refractivity (Wildman–Crippen MR) is 146 cm³/mol. The van der Waals surface area contributed by atoms with Crippen LogP contribution >= 0.6 is 34.8 Å². The molecule has 38 heavy (non-hydrogen) atoms. The van der Waals surface area contributed by atoms with Gasteiger partial charge >= 0.3 is 5.97 Å². The maximum atomic E-state index is 12.8. The van der Waals surface area contributed by atoms with Gasteiger partial charge < -0.3 is 14.4 Å². The summed E-state index contributed by atoms with van der Waals surface area (Å²) in [5.41, 5.74) is 1.59.